The Morgan fingerprint density at radius 1 is 0.897 bits per heavy atom. The molecule has 0 aliphatic heterocycles. The van der Waals surface area contributed by atoms with Gasteiger partial charge in [-0.05, 0) is 61.6 Å². The Bertz CT molecular complexity index is 607. The van der Waals surface area contributed by atoms with E-state index in [9.17, 15) is 4.79 Å². The Labute approximate surface area is 181 Å². The molecule has 2 atom stereocenters. The van der Waals surface area contributed by atoms with Crippen LogP contribution in [-0.2, 0) is 18.4 Å². The summed E-state index contributed by atoms with van der Waals surface area (Å²) >= 11 is 0. The number of methoxy groups -OCH3 is 1. The van der Waals surface area contributed by atoms with E-state index in [1.165, 1.54) is 12.7 Å². The fourth-order valence-electron chi connectivity index (χ4n) is 3.00. The molecule has 0 aromatic rings. The molecule has 0 radical (unpaired) electrons. The Kier molecular flexibility index (Phi) is 8.36. The van der Waals surface area contributed by atoms with Gasteiger partial charge in [0.05, 0.1) is 19.3 Å². The van der Waals surface area contributed by atoms with Gasteiger partial charge in [-0.15, -0.1) is 0 Å². The zero-order valence-corrected chi connectivity index (χ0v) is 22.9. The summed E-state index contributed by atoms with van der Waals surface area (Å²) in [5.41, 5.74) is 2.27. The van der Waals surface area contributed by atoms with E-state index in [0.717, 1.165) is 18.4 Å². The Morgan fingerprint density at radius 3 is 1.55 bits per heavy atom. The molecule has 0 aromatic heterocycles. The average Bonchev–Trinajstić information content (AvgIpc) is 2.51. The first-order chi connectivity index (χ1) is 12.9. The molecule has 1 rings (SSSR count). The van der Waals surface area contributed by atoms with Crippen LogP contribution in [-0.4, -0.2) is 41.9 Å². The lowest BCUT2D eigenvalue weighted by Gasteiger charge is -2.46. The van der Waals surface area contributed by atoms with Gasteiger partial charge in [0.1, 0.15) is 0 Å². The van der Waals surface area contributed by atoms with E-state index in [1.54, 1.807) is 6.08 Å². The minimum atomic E-state index is -1.98. The molecule has 0 heterocycles. The van der Waals surface area contributed by atoms with Crippen LogP contribution in [0.25, 0.3) is 0 Å². The second kappa shape index (κ2) is 9.20. The quantitative estimate of drug-likeness (QED) is 0.209. The molecule has 0 amide bonds. The number of allylic oxidation sites excluding steroid dienone is 1. The van der Waals surface area contributed by atoms with Gasteiger partial charge < -0.3 is 13.6 Å². The van der Waals surface area contributed by atoms with E-state index in [1.807, 2.05) is 0 Å². The third kappa shape index (κ3) is 6.64. The van der Waals surface area contributed by atoms with E-state index < -0.39 is 16.6 Å². The molecule has 0 spiro atoms. The van der Waals surface area contributed by atoms with Gasteiger partial charge in [0.25, 0.3) is 0 Å². The lowest BCUT2D eigenvalue weighted by atomic mass is 9.85. The number of carbonyl (C=O) groups excluding carboxylic acids is 1. The highest BCUT2D eigenvalue weighted by Crippen LogP contribution is 2.44. The smallest absolute Gasteiger partial charge is 0.330 e. The van der Waals surface area contributed by atoms with Crippen molar-refractivity contribution in [2.75, 3.05) is 7.11 Å². The summed E-state index contributed by atoms with van der Waals surface area (Å²) in [5, 5.41) is 0.233. The number of esters is 1. The van der Waals surface area contributed by atoms with Crippen molar-refractivity contribution in [2.24, 2.45) is 0 Å². The first kappa shape index (κ1) is 26.3. The number of carbonyl (C=O) groups is 1. The Hall–Kier alpha value is -0.696. The maximum atomic E-state index is 12.0. The highest BCUT2D eigenvalue weighted by atomic mass is 28.4. The average molecular weight is 441 g/mol. The van der Waals surface area contributed by atoms with Crippen molar-refractivity contribution >= 4 is 22.6 Å². The second-order valence-corrected chi connectivity index (χ2v) is 20.8. The maximum Gasteiger partial charge on any atom is 0.330 e. The van der Waals surface area contributed by atoms with E-state index in [2.05, 4.69) is 80.7 Å². The van der Waals surface area contributed by atoms with Crippen LogP contribution in [0.4, 0.5) is 0 Å². The maximum absolute atomic E-state index is 12.0. The molecule has 1 aliphatic carbocycles. The monoisotopic (exact) mass is 440 g/mol. The van der Waals surface area contributed by atoms with Gasteiger partial charge >= 0.3 is 5.97 Å². The Balaban J connectivity index is 3.33. The minimum Gasteiger partial charge on any atom is -0.466 e. The molecular formula is C23H44O4Si2. The van der Waals surface area contributed by atoms with Gasteiger partial charge in [0, 0.05) is 6.08 Å². The van der Waals surface area contributed by atoms with Crippen molar-refractivity contribution in [1.82, 2.24) is 0 Å². The van der Waals surface area contributed by atoms with E-state index in [0.29, 0.717) is 0 Å². The van der Waals surface area contributed by atoms with Crippen LogP contribution in [0.5, 0.6) is 0 Å². The predicted octanol–water partition coefficient (Wildman–Crippen LogP) is 6.61. The van der Waals surface area contributed by atoms with Gasteiger partial charge in [-0.2, -0.15) is 0 Å². The van der Waals surface area contributed by atoms with Gasteiger partial charge in [0.15, 0.2) is 16.6 Å². The molecule has 0 N–H and O–H groups in total. The fraction of sp³-hybridized carbons (Fsp3) is 0.783. The molecule has 0 aromatic carbocycles. The largest absolute Gasteiger partial charge is 0.466 e. The normalized spacial score (nSPS) is 21.8. The van der Waals surface area contributed by atoms with Crippen LogP contribution in [0.15, 0.2) is 23.3 Å². The summed E-state index contributed by atoms with van der Waals surface area (Å²) in [5.74, 6) is -0.305. The summed E-state index contributed by atoms with van der Waals surface area (Å²) in [6.45, 7) is 24.7. The van der Waals surface area contributed by atoms with Crippen LogP contribution in [0.2, 0.25) is 36.3 Å². The number of hydrogen-bond donors (Lipinski definition) is 0. The van der Waals surface area contributed by atoms with Crippen LogP contribution in [0.3, 0.4) is 0 Å². The molecule has 0 unspecified atom stereocenters. The van der Waals surface area contributed by atoms with Crippen LogP contribution >= 0.6 is 0 Å². The van der Waals surface area contributed by atoms with Crippen molar-refractivity contribution in [3.63, 3.8) is 0 Å². The fourth-order valence-corrected chi connectivity index (χ4v) is 5.57. The van der Waals surface area contributed by atoms with Gasteiger partial charge in [-0.1, -0.05) is 53.2 Å². The summed E-state index contributed by atoms with van der Waals surface area (Å²) in [4.78, 5) is 12.0. The first-order valence-corrected chi connectivity index (χ1v) is 16.6. The second-order valence-electron chi connectivity index (χ2n) is 11.3. The zero-order chi connectivity index (χ0) is 22.8. The first-order valence-electron chi connectivity index (χ1n) is 10.7. The van der Waals surface area contributed by atoms with Crippen molar-refractivity contribution < 1.29 is 18.4 Å². The predicted molar refractivity (Wildman–Crippen MR) is 127 cm³/mol. The summed E-state index contributed by atoms with van der Waals surface area (Å²) < 4.78 is 18.6. The third-order valence-corrected chi connectivity index (χ3v) is 16.0. The molecule has 168 valence electrons. The van der Waals surface area contributed by atoms with E-state index in [4.69, 9.17) is 13.6 Å². The van der Waals surface area contributed by atoms with Crippen molar-refractivity contribution in [1.29, 1.82) is 0 Å². The number of rotatable bonds is 5. The van der Waals surface area contributed by atoms with E-state index >= 15 is 0 Å². The summed E-state index contributed by atoms with van der Waals surface area (Å²) in [6.07, 6.45) is 5.14. The van der Waals surface area contributed by atoms with E-state index in [-0.39, 0.29) is 28.3 Å². The highest BCUT2D eigenvalue weighted by molar-refractivity contribution is 6.74. The molecule has 0 bridgehead atoms. The van der Waals surface area contributed by atoms with Gasteiger partial charge in [0.2, 0.25) is 0 Å². The van der Waals surface area contributed by atoms with Crippen molar-refractivity contribution in [3.05, 3.63) is 23.3 Å². The third-order valence-electron chi connectivity index (χ3n) is 6.98. The lowest BCUT2D eigenvalue weighted by molar-refractivity contribution is -0.134. The van der Waals surface area contributed by atoms with Gasteiger partial charge in [-0.3, -0.25) is 0 Å². The summed E-state index contributed by atoms with van der Waals surface area (Å²) in [7, 11) is -2.54. The number of ether oxygens (including phenoxy) is 1. The molecule has 29 heavy (non-hydrogen) atoms. The minimum absolute atomic E-state index is 0.0553. The molecule has 1 fully saturated rings. The number of hydrogen-bond acceptors (Lipinski definition) is 4. The van der Waals surface area contributed by atoms with Crippen molar-refractivity contribution in [2.45, 2.75) is 110 Å². The standard InChI is InChI=1S/C23H44O4Si2/c1-13-18-19(26-28(9,10)22(2,3)4)14-17(16-21(24)25-8)15-20(18)27-29(11,12)23(5,6)7/h13,16,19-20H,14-15H2,1-12H3/t19-,20-/m1/s1. The molecule has 4 nitrogen and oxygen atoms in total. The SMILES string of the molecule is CC=C1[C@H](O[Si](C)(C)C(C)(C)C)CC(=CC(=O)OC)C[C@H]1O[Si](C)(C)C(C)(C)C. The Morgan fingerprint density at radius 2 is 1.28 bits per heavy atom. The highest BCUT2D eigenvalue weighted by Gasteiger charge is 2.45. The molecule has 1 aliphatic rings. The van der Waals surface area contributed by atoms with Gasteiger partial charge in [-0.25, -0.2) is 4.79 Å². The van der Waals surface area contributed by atoms with Crippen molar-refractivity contribution in [3.8, 4) is 0 Å². The molecular weight excluding hydrogens is 396 g/mol. The lowest BCUT2D eigenvalue weighted by Crippen LogP contribution is -2.50. The van der Waals surface area contributed by atoms with Crippen LogP contribution < -0.4 is 0 Å². The topological polar surface area (TPSA) is 44.8 Å². The summed E-state index contributed by atoms with van der Waals surface area (Å²) in [6, 6.07) is 0. The zero-order valence-electron chi connectivity index (χ0n) is 20.9. The van der Waals surface area contributed by atoms with Crippen LogP contribution in [0, 0.1) is 0 Å². The molecule has 1 saturated carbocycles. The molecule has 0 saturated heterocycles. The molecule has 6 heteroatoms. The van der Waals surface area contributed by atoms with Crippen LogP contribution in [0.1, 0.15) is 61.3 Å².